The van der Waals surface area contributed by atoms with Crippen molar-refractivity contribution in [2.45, 2.75) is 50.3 Å². The molecule has 0 spiro atoms. The molecule has 2 aliphatic rings. The fraction of sp³-hybridized carbons (Fsp3) is 0.500. The zero-order chi connectivity index (χ0) is 24.3. The highest BCUT2D eigenvalue weighted by molar-refractivity contribution is 7.92. The van der Waals surface area contributed by atoms with E-state index in [1.54, 1.807) is 24.3 Å². The maximum atomic E-state index is 13.2. The second-order valence-electron chi connectivity index (χ2n) is 9.83. The number of sulfonamides is 1. The summed E-state index contributed by atoms with van der Waals surface area (Å²) in [6.07, 6.45) is 4.71. The molecule has 2 N–H and O–H groups in total. The molecule has 1 unspecified atom stereocenters. The highest BCUT2D eigenvalue weighted by Gasteiger charge is 2.26. The topological polar surface area (TPSA) is 89.9 Å². The van der Waals surface area contributed by atoms with Gasteiger partial charge in [0.15, 0.2) is 0 Å². The van der Waals surface area contributed by atoms with E-state index in [1.807, 2.05) is 12.1 Å². The molecule has 1 atom stereocenters. The maximum absolute atomic E-state index is 13.2. The normalized spacial score (nSPS) is 19.5. The lowest BCUT2D eigenvalue weighted by Gasteiger charge is -2.37. The monoisotopic (exact) mass is 485 g/mol. The number of piperidine rings is 1. The zero-order valence-electron chi connectivity index (χ0n) is 20.0. The summed E-state index contributed by atoms with van der Waals surface area (Å²) in [5.74, 6) is -0.269. The summed E-state index contributed by atoms with van der Waals surface area (Å²) in [5.41, 5.74) is 2.17. The second kappa shape index (κ2) is 10.4. The van der Waals surface area contributed by atoms with E-state index in [2.05, 4.69) is 28.4 Å². The quantitative estimate of drug-likeness (QED) is 0.567. The van der Waals surface area contributed by atoms with E-state index in [9.17, 15) is 18.3 Å². The molecule has 34 heavy (non-hydrogen) atoms. The summed E-state index contributed by atoms with van der Waals surface area (Å²) >= 11 is 0. The van der Waals surface area contributed by atoms with Crippen LogP contribution in [0.2, 0.25) is 0 Å². The standard InChI is InChI=1S/C26H35N3O4S/c1-19(2)21-7-10-23(11-8-21)34(32,33)27-24-16-22(26(30)31)9-12-25(24)29-15-5-6-20(18-29)17-28-13-3-4-14-28/h7-12,16,19-20,27H,3-6,13-15,17-18H2,1-2H3,(H,30,31). The van der Waals surface area contributed by atoms with E-state index in [-0.39, 0.29) is 10.5 Å². The van der Waals surface area contributed by atoms with Gasteiger partial charge in [0.2, 0.25) is 0 Å². The van der Waals surface area contributed by atoms with E-state index < -0.39 is 16.0 Å². The van der Waals surface area contributed by atoms with Crippen LogP contribution in [0.1, 0.15) is 61.4 Å². The summed E-state index contributed by atoms with van der Waals surface area (Å²) in [4.78, 5) is 16.5. The second-order valence-corrected chi connectivity index (χ2v) is 11.5. The number of carbonyl (C=O) groups is 1. The van der Waals surface area contributed by atoms with Crippen molar-refractivity contribution in [1.29, 1.82) is 0 Å². The summed E-state index contributed by atoms with van der Waals surface area (Å²) in [5, 5.41) is 9.51. The van der Waals surface area contributed by atoms with Crippen molar-refractivity contribution in [3.05, 3.63) is 53.6 Å². The number of hydrogen-bond donors (Lipinski definition) is 2. The first-order valence-corrected chi connectivity index (χ1v) is 13.7. The predicted octanol–water partition coefficient (Wildman–Crippen LogP) is 4.62. The maximum Gasteiger partial charge on any atom is 0.335 e. The van der Waals surface area contributed by atoms with Gasteiger partial charge in [-0.1, -0.05) is 26.0 Å². The Hall–Kier alpha value is -2.58. The zero-order valence-corrected chi connectivity index (χ0v) is 20.9. The number of hydrogen-bond acceptors (Lipinski definition) is 5. The van der Waals surface area contributed by atoms with E-state index in [4.69, 9.17) is 0 Å². The lowest BCUT2D eigenvalue weighted by molar-refractivity contribution is 0.0697. The van der Waals surface area contributed by atoms with Crippen LogP contribution in [0.25, 0.3) is 0 Å². The van der Waals surface area contributed by atoms with Crippen LogP contribution in [0, 0.1) is 5.92 Å². The Balaban J connectivity index is 1.59. The predicted molar refractivity (Wildman–Crippen MR) is 135 cm³/mol. The fourth-order valence-corrected chi connectivity index (χ4v) is 6.09. The Labute approximate surface area is 202 Å². The molecule has 0 aromatic heterocycles. The van der Waals surface area contributed by atoms with Crippen LogP contribution in [-0.2, 0) is 10.0 Å². The highest BCUT2D eigenvalue weighted by Crippen LogP contribution is 2.33. The number of nitrogens with one attached hydrogen (secondary N) is 1. The van der Waals surface area contributed by atoms with Gasteiger partial charge >= 0.3 is 5.97 Å². The molecule has 2 aliphatic heterocycles. The fourth-order valence-electron chi connectivity index (χ4n) is 5.03. The van der Waals surface area contributed by atoms with Gasteiger partial charge in [0.25, 0.3) is 10.0 Å². The summed E-state index contributed by atoms with van der Waals surface area (Å²) in [7, 11) is -3.87. The van der Waals surface area contributed by atoms with Crippen molar-refractivity contribution < 1.29 is 18.3 Å². The van der Waals surface area contributed by atoms with Crippen LogP contribution in [0.4, 0.5) is 11.4 Å². The van der Waals surface area contributed by atoms with Crippen molar-refractivity contribution in [3.63, 3.8) is 0 Å². The van der Waals surface area contributed by atoms with E-state index in [0.29, 0.717) is 17.5 Å². The third-order valence-corrected chi connectivity index (χ3v) is 8.30. The number of carboxylic acid groups (broad SMARTS) is 1. The number of likely N-dealkylation sites (tertiary alicyclic amines) is 1. The van der Waals surface area contributed by atoms with Gasteiger partial charge in [-0.05, 0) is 86.5 Å². The molecule has 0 radical (unpaired) electrons. The molecule has 8 heteroatoms. The van der Waals surface area contributed by atoms with E-state index in [1.165, 1.54) is 18.9 Å². The molecular formula is C26H35N3O4S. The molecule has 2 aromatic carbocycles. The average molecular weight is 486 g/mol. The van der Waals surface area contributed by atoms with Gasteiger partial charge in [0.1, 0.15) is 0 Å². The van der Waals surface area contributed by atoms with Crippen molar-refractivity contribution in [2.24, 2.45) is 5.92 Å². The SMILES string of the molecule is CC(C)c1ccc(S(=O)(=O)Nc2cc(C(=O)O)ccc2N2CCCC(CN3CCCC3)C2)cc1. The number of rotatable bonds is 8. The van der Waals surface area contributed by atoms with Gasteiger partial charge in [0.05, 0.1) is 21.8 Å². The molecule has 0 aliphatic carbocycles. The Morgan fingerprint density at radius 3 is 2.41 bits per heavy atom. The summed E-state index contributed by atoms with van der Waals surface area (Å²) in [6, 6.07) is 11.6. The van der Waals surface area contributed by atoms with Gasteiger partial charge in [-0.3, -0.25) is 4.72 Å². The number of nitrogens with zero attached hydrogens (tertiary/aromatic N) is 2. The van der Waals surface area contributed by atoms with E-state index >= 15 is 0 Å². The average Bonchev–Trinajstić information content (AvgIpc) is 3.32. The van der Waals surface area contributed by atoms with Gasteiger partial charge in [-0.2, -0.15) is 0 Å². The summed E-state index contributed by atoms with van der Waals surface area (Å²) in [6.45, 7) is 9.14. The highest BCUT2D eigenvalue weighted by atomic mass is 32.2. The van der Waals surface area contributed by atoms with Gasteiger partial charge < -0.3 is 14.9 Å². The first kappa shape index (κ1) is 24.5. The summed E-state index contributed by atoms with van der Waals surface area (Å²) < 4.78 is 29.1. The van der Waals surface area contributed by atoms with Crippen LogP contribution in [0.5, 0.6) is 0 Å². The Morgan fingerprint density at radius 2 is 1.76 bits per heavy atom. The first-order valence-electron chi connectivity index (χ1n) is 12.2. The van der Waals surface area contributed by atoms with E-state index in [0.717, 1.165) is 56.8 Å². The van der Waals surface area contributed by atoms with Gasteiger partial charge in [-0.15, -0.1) is 0 Å². The van der Waals surface area contributed by atoms with Crippen LogP contribution >= 0.6 is 0 Å². The largest absolute Gasteiger partial charge is 0.478 e. The van der Waals surface area contributed by atoms with Gasteiger partial charge in [0, 0.05) is 19.6 Å². The van der Waals surface area contributed by atoms with Gasteiger partial charge in [-0.25, -0.2) is 13.2 Å². The van der Waals surface area contributed by atoms with Crippen molar-refractivity contribution in [2.75, 3.05) is 42.3 Å². The van der Waals surface area contributed by atoms with Crippen molar-refractivity contribution in [3.8, 4) is 0 Å². The number of anilines is 2. The minimum atomic E-state index is -3.87. The van der Waals surface area contributed by atoms with Crippen molar-refractivity contribution in [1.82, 2.24) is 4.90 Å². The molecule has 7 nitrogen and oxygen atoms in total. The Bertz CT molecular complexity index is 1110. The molecule has 2 fully saturated rings. The Kier molecular flexibility index (Phi) is 7.48. The molecular weight excluding hydrogens is 450 g/mol. The molecule has 2 aromatic rings. The Morgan fingerprint density at radius 1 is 1.06 bits per heavy atom. The smallest absolute Gasteiger partial charge is 0.335 e. The number of carboxylic acids is 1. The lowest BCUT2D eigenvalue weighted by atomic mass is 9.96. The van der Waals surface area contributed by atoms with Crippen LogP contribution in [0.3, 0.4) is 0 Å². The van der Waals surface area contributed by atoms with Crippen molar-refractivity contribution >= 4 is 27.4 Å². The third kappa shape index (κ3) is 5.73. The molecule has 0 saturated carbocycles. The molecule has 2 heterocycles. The molecule has 184 valence electrons. The molecule has 2 saturated heterocycles. The van der Waals surface area contributed by atoms with Crippen LogP contribution < -0.4 is 9.62 Å². The first-order chi connectivity index (χ1) is 16.2. The minimum absolute atomic E-state index is 0.0576. The minimum Gasteiger partial charge on any atom is -0.478 e. The number of aromatic carboxylic acids is 1. The van der Waals surface area contributed by atoms with Crippen LogP contribution in [0.15, 0.2) is 47.4 Å². The molecule has 4 rings (SSSR count). The molecule has 0 bridgehead atoms. The third-order valence-electron chi connectivity index (χ3n) is 6.92. The van der Waals surface area contributed by atoms with Crippen LogP contribution in [-0.4, -0.2) is 57.1 Å². The number of benzene rings is 2. The lowest BCUT2D eigenvalue weighted by Crippen LogP contribution is -2.40. The molecule has 0 amide bonds.